The summed E-state index contributed by atoms with van der Waals surface area (Å²) in [4.78, 5) is 15.4. The second kappa shape index (κ2) is 6.75. The van der Waals surface area contributed by atoms with Crippen LogP contribution in [0.1, 0.15) is 35.2 Å². The van der Waals surface area contributed by atoms with Crippen molar-refractivity contribution in [1.29, 1.82) is 0 Å². The molecule has 4 rings (SSSR count). The molecule has 0 saturated carbocycles. The monoisotopic (exact) mass is 351 g/mol. The Balaban J connectivity index is 1.84. The van der Waals surface area contributed by atoms with Crippen molar-refractivity contribution in [3.63, 3.8) is 0 Å². The molecule has 0 atom stereocenters. The number of carbonyl (C=O) groups is 1. The summed E-state index contributed by atoms with van der Waals surface area (Å²) in [6.45, 7) is 1.74. The quantitative estimate of drug-likeness (QED) is 0.707. The fraction of sp³-hybridized carbons (Fsp3) is 0.286. The molecule has 1 aliphatic heterocycles. The fourth-order valence-corrected chi connectivity index (χ4v) is 3.50. The summed E-state index contributed by atoms with van der Waals surface area (Å²) < 4.78 is 11.2. The predicted molar refractivity (Wildman–Crippen MR) is 100 cm³/mol. The van der Waals surface area contributed by atoms with Gasteiger partial charge in [-0.1, -0.05) is 0 Å². The number of ether oxygens (including phenoxy) is 1. The molecular formula is C21H21NO4. The van der Waals surface area contributed by atoms with E-state index in [4.69, 9.17) is 9.15 Å². The lowest BCUT2D eigenvalue weighted by Crippen LogP contribution is -2.30. The molecule has 1 aliphatic rings. The summed E-state index contributed by atoms with van der Waals surface area (Å²) in [6, 6.07) is 11.9. The number of methoxy groups -OCH3 is 1. The number of phenols is 1. The first kappa shape index (κ1) is 16.5. The summed E-state index contributed by atoms with van der Waals surface area (Å²) in [7, 11) is 1.59. The number of ketones is 1. The van der Waals surface area contributed by atoms with Gasteiger partial charge in [0.05, 0.1) is 12.7 Å². The topological polar surface area (TPSA) is 62.9 Å². The molecule has 1 fully saturated rings. The maximum Gasteiger partial charge on any atom is 0.208 e. The number of phenolic OH excluding ortho intramolecular Hbond substituents is 1. The van der Waals surface area contributed by atoms with E-state index in [-0.39, 0.29) is 11.5 Å². The van der Waals surface area contributed by atoms with Crippen LogP contribution in [0.5, 0.6) is 11.5 Å². The lowest BCUT2D eigenvalue weighted by Gasteiger charge is -2.27. The molecule has 5 nitrogen and oxygen atoms in total. The molecular weight excluding hydrogens is 330 g/mol. The number of hydrogen-bond acceptors (Lipinski definition) is 5. The second-order valence-corrected chi connectivity index (χ2v) is 6.57. The number of carbonyl (C=O) groups excluding carboxylic acids is 1. The number of fused-ring (bicyclic) bond motifs is 1. The lowest BCUT2D eigenvalue weighted by molar-refractivity contribution is 0.104. The number of nitrogens with zero attached hydrogens (tertiary/aromatic N) is 1. The van der Waals surface area contributed by atoms with E-state index in [1.807, 2.05) is 0 Å². The van der Waals surface area contributed by atoms with Crippen LogP contribution < -0.4 is 9.64 Å². The second-order valence-electron chi connectivity index (χ2n) is 6.57. The third kappa shape index (κ3) is 2.90. The average molecular weight is 351 g/mol. The zero-order chi connectivity index (χ0) is 18.1. The van der Waals surface area contributed by atoms with E-state index in [2.05, 4.69) is 4.90 Å². The zero-order valence-electron chi connectivity index (χ0n) is 14.7. The number of aromatic hydroxyl groups is 1. The fourth-order valence-electron chi connectivity index (χ4n) is 3.50. The molecule has 0 radical (unpaired) electrons. The van der Waals surface area contributed by atoms with Crippen molar-refractivity contribution < 1.29 is 19.1 Å². The van der Waals surface area contributed by atoms with Gasteiger partial charge in [0.15, 0.2) is 5.78 Å². The number of furan rings is 1. The number of benzene rings is 2. The van der Waals surface area contributed by atoms with Gasteiger partial charge >= 0.3 is 0 Å². The number of rotatable bonds is 4. The molecule has 1 N–H and O–H groups in total. The minimum absolute atomic E-state index is 0.113. The third-order valence-corrected chi connectivity index (χ3v) is 4.88. The highest BCUT2D eigenvalue weighted by Crippen LogP contribution is 2.37. The van der Waals surface area contributed by atoms with Gasteiger partial charge < -0.3 is 19.2 Å². The van der Waals surface area contributed by atoms with Crippen molar-refractivity contribution in [3.8, 4) is 11.5 Å². The number of piperidine rings is 1. The van der Waals surface area contributed by atoms with Gasteiger partial charge in [0.2, 0.25) is 5.88 Å². The van der Waals surface area contributed by atoms with Crippen LogP contribution in [0.2, 0.25) is 0 Å². The Morgan fingerprint density at radius 1 is 1.08 bits per heavy atom. The standard InChI is InChI=1S/C21H21NO4/c1-25-16-8-5-14(6-9-16)20(24)19-17-13-15(23)7-10-18(17)26-21(19)22-11-3-2-4-12-22/h5-10,13,23H,2-4,11-12H2,1H3. The summed E-state index contributed by atoms with van der Waals surface area (Å²) in [5, 5.41) is 10.6. The van der Waals surface area contributed by atoms with Crippen molar-refractivity contribution in [2.45, 2.75) is 19.3 Å². The molecule has 0 unspecified atom stereocenters. The average Bonchev–Trinajstić information content (AvgIpc) is 3.06. The zero-order valence-corrected chi connectivity index (χ0v) is 14.7. The largest absolute Gasteiger partial charge is 0.508 e. The van der Waals surface area contributed by atoms with Gasteiger partial charge in [-0.3, -0.25) is 4.79 Å². The molecule has 0 amide bonds. The van der Waals surface area contributed by atoms with E-state index < -0.39 is 0 Å². The van der Waals surface area contributed by atoms with Gasteiger partial charge in [0.25, 0.3) is 0 Å². The Bertz CT molecular complexity index is 937. The normalized spacial score (nSPS) is 14.6. The van der Waals surface area contributed by atoms with Gasteiger partial charge in [-0.25, -0.2) is 0 Å². The van der Waals surface area contributed by atoms with Gasteiger partial charge in [-0.15, -0.1) is 0 Å². The molecule has 5 heteroatoms. The first-order chi connectivity index (χ1) is 12.7. The van der Waals surface area contributed by atoms with Gasteiger partial charge in [-0.2, -0.15) is 0 Å². The maximum absolute atomic E-state index is 13.3. The van der Waals surface area contributed by atoms with E-state index in [0.29, 0.717) is 33.7 Å². The first-order valence-electron chi connectivity index (χ1n) is 8.86. The van der Waals surface area contributed by atoms with Crippen LogP contribution in [0.15, 0.2) is 46.9 Å². The van der Waals surface area contributed by atoms with E-state index in [9.17, 15) is 9.90 Å². The molecule has 2 aromatic carbocycles. The summed E-state index contributed by atoms with van der Waals surface area (Å²) >= 11 is 0. The van der Waals surface area contributed by atoms with Crippen LogP contribution in [0.25, 0.3) is 11.0 Å². The molecule has 3 aromatic rings. The molecule has 134 valence electrons. The minimum atomic E-state index is -0.113. The van der Waals surface area contributed by atoms with Crippen LogP contribution in [0, 0.1) is 0 Å². The Morgan fingerprint density at radius 3 is 2.50 bits per heavy atom. The van der Waals surface area contributed by atoms with E-state index in [0.717, 1.165) is 25.9 Å². The Morgan fingerprint density at radius 2 is 1.81 bits per heavy atom. The van der Waals surface area contributed by atoms with E-state index in [1.54, 1.807) is 49.6 Å². The van der Waals surface area contributed by atoms with Crippen molar-refractivity contribution in [2.75, 3.05) is 25.1 Å². The molecule has 2 heterocycles. The van der Waals surface area contributed by atoms with Gasteiger partial charge in [-0.05, 0) is 61.7 Å². The van der Waals surface area contributed by atoms with Crippen LogP contribution in [-0.4, -0.2) is 31.1 Å². The molecule has 1 aromatic heterocycles. The summed E-state index contributed by atoms with van der Waals surface area (Å²) in [5.41, 5.74) is 1.69. The number of hydrogen-bond donors (Lipinski definition) is 1. The Kier molecular flexibility index (Phi) is 4.29. The predicted octanol–water partition coefficient (Wildman–Crippen LogP) is 4.37. The van der Waals surface area contributed by atoms with Crippen molar-refractivity contribution in [1.82, 2.24) is 0 Å². The van der Waals surface area contributed by atoms with Crippen molar-refractivity contribution in [2.24, 2.45) is 0 Å². The highest BCUT2D eigenvalue weighted by molar-refractivity contribution is 6.19. The smallest absolute Gasteiger partial charge is 0.208 e. The van der Waals surface area contributed by atoms with E-state index >= 15 is 0 Å². The molecule has 26 heavy (non-hydrogen) atoms. The van der Waals surface area contributed by atoms with E-state index in [1.165, 1.54) is 6.42 Å². The Labute approximate surface area is 151 Å². The third-order valence-electron chi connectivity index (χ3n) is 4.88. The highest BCUT2D eigenvalue weighted by atomic mass is 16.5. The molecule has 1 saturated heterocycles. The minimum Gasteiger partial charge on any atom is -0.508 e. The Hall–Kier alpha value is -2.95. The number of anilines is 1. The molecule has 0 spiro atoms. The highest BCUT2D eigenvalue weighted by Gasteiger charge is 2.27. The summed E-state index contributed by atoms with van der Waals surface area (Å²) in [6.07, 6.45) is 3.36. The first-order valence-corrected chi connectivity index (χ1v) is 8.86. The van der Waals surface area contributed by atoms with Crippen LogP contribution >= 0.6 is 0 Å². The van der Waals surface area contributed by atoms with Crippen LogP contribution in [-0.2, 0) is 0 Å². The molecule has 0 aliphatic carbocycles. The van der Waals surface area contributed by atoms with Gasteiger partial charge in [0.1, 0.15) is 17.1 Å². The maximum atomic E-state index is 13.3. The summed E-state index contributed by atoms with van der Waals surface area (Å²) in [5.74, 6) is 1.31. The van der Waals surface area contributed by atoms with Crippen molar-refractivity contribution >= 4 is 22.6 Å². The SMILES string of the molecule is COc1ccc(C(=O)c2c(N3CCCCC3)oc3ccc(O)cc23)cc1. The van der Waals surface area contributed by atoms with Crippen LogP contribution in [0.4, 0.5) is 5.88 Å². The van der Waals surface area contributed by atoms with Crippen molar-refractivity contribution in [3.05, 3.63) is 53.6 Å². The lowest BCUT2D eigenvalue weighted by atomic mass is 10.0. The van der Waals surface area contributed by atoms with Crippen LogP contribution in [0.3, 0.4) is 0 Å². The molecule has 0 bridgehead atoms. The van der Waals surface area contributed by atoms with Gasteiger partial charge in [0, 0.05) is 24.0 Å².